The average molecular weight is 1060 g/mol. The van der Waals surface area contributed by atoms with Crippen molar-refractivity contribution in [3.8, 4) is 0 Å². The fraction of sp³-hybridized carbons (Fsp3) is 0.204. The van der Waals surface area contributed by atoms with Crippen LogP contribution in [0.4, 0.5) is 43.7 Å². The predicted octanol–water partition coefficient (Wildman–Crippen LogP) is 9.33. The Morgan fingerprint density at radius 3 is 1.34 bits per heavy atom. The van der Waals surface area contributed by atoms with E-state index in [0.717, 1.165) is 28.1 Å². The number of hydrogen-bond donors (Lipinski definition) is 5. The van der Waals surface area contributed by atoms with Gasteiger partial charge >= 0.3 is 12.1 Å². The molecule has 17 nitrogen and oxygen atoms in total. The molecule has 0 spiro atoms. The monoisotopic (exact) mass is 1060 g/mol. The number of urea groups is 2. The molecule has 0 aliphatic carbocycles. The molecule has 0 atom stereocenters. The van der Waals surface area contributed by atoms with Gasteiger partial charge in [-0.15, -0.1) is 0 Å². The third-order valence-corrected chi connectivity index (χ3v) is 13.7. The lowest BCUT2D eigenvalue weighted by atomic mass is 10.1. The number of hydrogen-bond acceptors (Lipinski definition) is 12. The number of sulfone groups is 1. The van der Waals surface area contributed by atoms with Gasteiger partial charge in [-0.05, 0) is 120 Å². The molecule has 0 aliphatic heterocycles. The number of carbonyl (C=O) groups excluding carboxylic acids is 2. The highest BCUT2D eigenvalue weighted by Gasteiger charge is 2.17. The average Bonchev–Trinajstić information content (AvgIpc) is 3.40. The van der Waals surface area contributed by atoms with Gasteiger partial charge in [0.2, 0.25) is 5.69 Å². The summed E-state index contributed by atoms with van der Waals surface area (Å²) < 4.78 is 47.7. The number of nitrogens with zero attached hydrogens (tertiary/aromatic N) is 6. The molecule has 0 saturated carbocycles. The van der Waals surface area contributed by atoms with E-state index in [-0.39, 0.29) is 21.6 Å². The molecule has 0 saturated heterocycles. The van der Waals surface area contributed by atoms with Crippen molar-refractivity contribution in [3.05, 3.63) is 204 Å². The molecular weight excluding hydrogens is 998 g/mol. The number of nitrogens with one attached hydrogen (secondary N) is 4. The highest BCUT2D eigenvalue weighted by atomic mass is 35.7. The maximum absolute atomic E-state index is 12.8. The fourth-order valence-corrected chi connectivity index (χ4v) is 8.79. The van der Waals surface area contributed by atoms with Crippen LogP contribution in [0.5, 0.6) is 0 Å². The first-order valence-electron chi connectivity index (χ1n) is 22.9. The van der Waals surface area contributed by atoms with Gasteiger partial charge in [0, 0.05) is 126 Å². The van der Waals surface area contributed by atoms with Gasteiger partial charge in [0.1, 0.15) is 0 Å². The van der Waals surface area contributed by atoms with E-state index in [0.29, 0.717) is 43.1 Å². The van der Waals surface area contributed by atoms with Crippen LogP contribution in [0.15, 0.2) is 180 Å². The van der Waals surface area contributed by atoms with E-state index in [9.17, 15) is 26.4 Å². The topological polar surface area (TPSA) is 216 Å². The minimum absolute atomic E-state index is 0.0110. The van der Waals surface area contributed by atoms with Gasteiger partial charge in [-0.25, -0.2) is 31.3 Å². The first-order valence-corrected chi connectivity index (χ1v) is 26.9. The zero-order valence-electron chi connectivity index (χ0n) is 42.1. The Kier molecular flexibility index (Phi) is 23.3. The van der Waals surface area contributed by atoms with Crippen LogP contribution in [0.3, 0.4) is 0 Å². The fourth-order valence-electron chi connectivity index (χ4n) is 6.74. The Balaban J connectivity index is 0.000000236. The molecule has 4 amide bonds. The molecule has 0 bridgehead atoms. The molecule has 0 fully saturated rings. The van der Waals surface area contributed by atoms with Crippen molar-refractivity contribution in [1.82, 2.24) is 20.6 Å². The first kappa shape index (κ1) is 58.5. The summed E-state index contributed by atoms with van der Waals surface area (Å²) in [5, 5.41) is 10.7. The lowest BCUT2D eigenvalue weighted by Crippen LogP contribution is -2.28. The van der Waals surface area contributed by atoms with Gasteiger partial charge in [-0.1, -0.05) is 54.6 Å². The molecule has 0 aliphatic rings. The van der Waals surface area contributed by atoms with Crippen molar-refractivity contribution in [2.75, 3.05) is 73.4 Å². The largest absolute Gasteiger partial charge is 0.386 e. The van der Waals surface area contributed by atoms with E-state index in [2.05, 4.69) is 53.1 Å². The normalized spacial score (nSPS) is 10.5. The van der Waals surface area contributed by atoms with Crippen molar-refractivity contribution in [2.45, 2.75) is 35.8 Å². The SMILES string of the molecule is CN(C)c1ccccc1CCS(=O)(=O)c1ccc(NC(=O)NCc2ccncc2)cc1.CN(C)c1ccccc1CN.O=C(NCc1ccncc1)Nc1ccc(S(=O)(=O)Cl)cc1.[C-]#[N+]c1ccccc1N(C)C. The molecule has 0 unspecified atom stereocenters. The zero-order valence-corrected chi connectivity index (χ0v) is 44.5. The lowest BCUT2D eigenvalue weighted by Gasteiger charge is -2.17. The van der Waals surface area contributed by atoms with Crippen molar-refractivity contribution in [2.24, 2.45) is 5.73 Å². The van der Waals surface area contributed by atoms with Gasteiger partial charge in [-0.2, -0.15) is 0 Å². The number of nitrogens with two attached hydrogens (primary N) is 1. The summed E-state index contributed by atoms with van der Waals surface area (Å²) in [6, 6.07) is 41.7. The van der Waals surface area contributed by atoms with E-state index in [1.54, 1.807) is 49.1 Å². The molecule has 74 heavy (non-hydrogen) atoms. The van der Waals surface area contributed by atoms with Gasteiger partial charge in [-0.3, -0.25) is 9.97 Å². The van der Waals surface area contributed by atoms with Crippen molar-refractivity contribution in [3.63, 3.8) is 0 Å². The quantitative estimate of drug-likeness (QED) is 0.0480. The number of carbonyl (C=O) groups is 2. The second kappa shape index (κ2) is 29.5. The molecule has 5 aromatic carbocycles. The Morgan fingerprint density at radius 2 is 0.946 bits per heavy atom. The summed E-state index contributed by atoms with van der Waals surface area (Å²) in [5.41, 5.74) is 14.5. The molecule has 2 aromatic heterocycles. The van der Waals surface area contributed by atoms with Crippen LogP contribution >= 0.6 is 10.7 Å². The number of rotatable bonds is 15. The minimum atomic E-state index is -3.76. The summed E-state index contributed by atoms with van der Waals surface area (Å²) >= 11 is 0. The van der Waals surface area contributed by atoms with E-state index < -0.39 is 24.9 Å². The van der Waals surface area contributed by atoms with Crippen LogP contribution in [-0.2, 0) is 44.9 Å². The number of para-hydroxylation sites is 4. The third-order valence-electron chi connectivity index (χ3n) is 10.6. The van der Waals surface area contributed by atoms with E-state index in [4.69, 9.17) is 23.0 Å². The van der Waals surface area contributed by atoms with E-state index >= 15 is 0 Å². The Labute approximate surface area is 439 Å². The van der Waals surface area contributed by atoms with Crippen LogP contribution in [0, 0.1) is 6.57 Å². The van der Waals surface area contributed by atoms with Crippen molar-refractivity contribution >= 4 is 75.8 Å². The zero-order chi connectivity index (χ0) is 54.1. The predicted molar refractivity (Wildman–Crippen MR) is 298 cm³/mol. The van der Waals surface area contributed by atoms with Crippen LogP contribution in [0.2, 0.25) is 0 Å². The molecule has 7 rings (SSSR count). The summed E-state index contributed by atoms with van der Waals surface area (Å²) in [6.07, 6.45) is 7.02. The Bertz CT molecular complexity index is 3130. The van der Waals surface area contributed by atoms with Crippen LogP contribution < -0.4 is 41.7 Å². The highest BCUT2D eigenvalue weighted by Crippen LogP contribution is 2.26. The number of pyridine rings is 2. The van der Waals surface area contributed by atoms with Crippen LogP contribution in [0.1, 0.15) is 22.3 Å². The number of amides is 4. The van der Waals surface area contributed by atoms with Gasteiger partial charge in [0.05, 0.1) is 22.1 Å². The number of anilines is 5. The second-order valence-electron chi connectivity index (χ2n) is 16.6. The Morgan fingerprint density at radius 1 is 0.554 bits per heavy atom. The van der Waals surface area contributed by atoms with Gasteiger partial charge in [0.25, 0.3) is 9.05 Å². The second-order valence-corrected chi connectivity index (χ2v) is 21.3. The lowest BCUT2D eigenvalue weighted by molar-refractivity contribution is 0.251. The number of aromatic nitrogens is 2. The Hall–Kier alpha value is -8.02. The summed E-state index contributed by atoms with van der Waals surface area (Å²) in [7, 11) is 9.79. The molecule has 7 aromatic rings. The van der Waals surface area contributed by atoms with Crippen LogP contribution in [-0.4, -0.2) is 86.9 Å². The summed E-state index contributed by atoms with van der Waals surface area (Å²) in [4.78, 5) is 41.1. The maximum Gasteiger partial charge on any atom is 0.319 e. The maximum atomic E-state index is 12.8. The third kappa shape index (κ3) is 19.9. The van der Waals surface area contributed by atoms with E-state index in [1.165, 1.54) is 47.6 Å². The van der Waals surface area contributed by atoms with Crippen molar-refractivity contribution < 1.29 is 26.4 Å². The molecule has 2 heterocycles. The smallest absolute Gasteiger partial charge is 0.319 e. The molecule has 20 heteroatoms. The number of benzene rings is 5. The highest BCUT2D eigenvalue weighted by molar-refractivity contribution is 8.13. The van der Waals surface area contributed by atoms with E-state index in [1.807, 2.05) is 125 Å². The van der Waals surface area contributed by atoms with Gasteiger partial charge < -0.3 is 41.7 Å². The molecular formula is C54H62ClN11O6S2. The summed E-state index contributed by atoms with van der Waals surface area (Å²) in [6.45, 7) is 8.22. The van der Waals surface area contributed by atoms with Gasteiger partial charge in [0.15, 0.2) is 9.84 Å². The molecule has 6 N–H and O–H groups in total. The first-order chi connectivity index (χ1) is 35.3. The summed E-state index contributed by atoms with van der Waals surface area (Å²) in [5.74, 6) is 0.0110. The minimum Gasteiger partial charge on any atom is -0.386 e. The van der Waals surface area contributed by atoms with Crippen LogP contribution in [0.25, 0.3) is 4.85 Å². The molecule has 388 valence electrons. The number of aryl methyl sites for hydroxylation is 1. The van der Waals surface area contributed by atoms with Crippen molar-refractivity contribution in [1.29, 1.82) is 0 Å². The number of halogens is 1. The standard InChI is InChI=1S/C23H26N4O3S.C13H12ClN3O3S.C9H10N2.C9H14N2/c1-27(2)22-6-4-3-5-19(22)13-16-31(29,30)21-9-7-20(8-10-21)26-23(28)25-17-18-11-14-24-15-12-18;14-21(19,20)12-3-1-11(2-4-12)17-13(18)16-9-10-5-7-15-8-6-10;1-10-8-6-4-5-7-9(8)11(2)3;1-11(2)9-6-4-3-5-8(9)7-10/h3-12,14-15H,13,16-17H2,1-2H3,(H2,25,26,28);1-8H,9H2,(H2,16,17,18);4-7H,2-3H3;3-6H,7,10H2,1-2H3. The molecule has 0 radical (unpaired) electrons.